The maximum absolute atomic E-state index is 12.4. The summed E-state index contributed by atoms with van der Waals surface area (Å²) in [6.07, 6.45) is 6.15. The molecule has 25 heavy (non-hydrogen) atoms. The van der Waals surface area contributed by atoms with E-state index < -0.39 is 0 Å². The summed E-state index contributed by atoms with van der Waals surface area (Å²) in [5.74, 6) is 0.801. The van der Waals surface area contributed by atoms with Gasteiger partial charge in [0.15, 0.2) is 0 Å². The predicted octanol–water partition coefficient (Wildman–Crippen LogP) is 3.41. The van der Waals surface area contributed by atoms with E-state index in [1.54, 1.807) is 18.7 Å². The first-order valence-electron chi connectivity index (χ1n) is 8.32. The maximum Gasteiger partial charge on any atom is 0.221 e. The van der Waals surface area contributed by atoms with Crippen LogP contribution in [0.5, 0.6) is 0 Å². The van der Waals surface area contributed by atoms with Crippen molar-refractivity contribution < 1.29 is 9.21 Å². The second-order valence-electron chi connectivity index (χ2n) is 6.03. The molecule has 0 saturated carbocycles. The molecule has 2 heterocycles. The van der Waals surface area contributed by atoms with Crippen LogP contribution >= 0.6 is 0 Å². The number of carbonyl (C=O) groups excluding carboxylic acids is 1. The van der Waals surface area contributed by atoms with Crippen LogP contribution in [0.25, 0.3) is 0 Å². The van der Waals surface area contributed by atoms with Crippen molar-refractivity contribution >= 4 is 5.91 Å². The predicted molar refractivity (Wildman–Crippen MR) is 94.8 cm³/mol. The van der Waals surface area contributed by atoms with Crippen molar-refractivity contribution in [3.05, 3.63) is 83.8 Å². The van der Waals surface area contributed by atoms with Crippen molar-refractivity contribution in [2.24, 2.45) is 0 Å². The van der Waals surface area contributed by atoms with Gasteiger partial charge < -0.3 is 9.73 Å². The first-order chi connectivity index (χ1) is 12.2. The number of aryl methyl sites for hydroxylation is 1. The number of benzene rings is 1. The van der Waals surface area contributed by atoms with E-state index in [1.165, 1.54) is 5.56 Å². The summed E-state index contributed by atoms with van der Waals surface area (Å²) >= 11 is 0. The first kappa shape index (κ1) is 16.9. The van der Waals surface area contributed by atoms with E-state index in [4.69, 9.17) is 4.42 Å². The zero-order chi connectivity index (χ0) is 17.5. The molecule has 0 radical (unpaired) electrons. The minimum atomic E-state index is -0.0280. The fraction of sp³-hybridized carbons (Fsp3) is 0.250. The van der Waals surface area contributed by atoms with E-state index in [0.717, 1.165) is 23.6 Å². The number of rotatable bonds is 7. The Kier molecular flexibility index (Phi) is 5.57. The zero-order valence-electron chi connectivity index (χ0n) is 14.2. The molecule has 0 aliphatic heterocycles. The van der Waals surface area contributed by atoms with Crippen LogP contribution in [0.2, 0.25) is 0 Å². The number of aromatic nitrogens is 2. The molecular formula is C20H21N3O2. The van der Waals surface area contributed by atoms with E-state index in [2.05, 4.69) is 27.4 Å². The lowest BCUT2D eigenvalue weighted by atomic mass is 9.93. The molecule has 2 aromatic heterocycles. The minimum absolute atomic E-state index is 0.00139. The van der Waals surface area contributed by atoms with E-state index in [1.807, 2.05) is 37.3 Å². The van der Waals surface area contributed by atoms with Gasteiger partial charge in [-0.05, 0) is 31.0 Å². The molecule has 0 fully saturated rings. The molecule has 3 aromatic rings. The van der Waals surface area contributed by atoms with Crippen LogP contribution in [0.3, 0.4) is 0 Å². The number of hydrogen-bond donors (Lipinski definition) is 1. The van der Waals surface area contributed by atoms with Crippen LogP contribution in [0.4, 0.5) is 0 Å². The lowest BCUT2D eigenvalue weighted by Gasteiger charge is -2.14. The molecule has 5 nitrogen and oxygen atoms in total. The Hall–Kier alpha value is -2.95. The van der Waals surface area contributed by atoms with Gasteiger partial charge in [-0.25, -0.2) is 0 Å². The third kappa shape index (κ3) is 5.01. The molecule has 0 aliphatic carbocycles. The Morgan fingerprint density at radius 2 is 1.96 bits per heavy atom. The Morgan fingerprint density at radius 3 is 2.64 bits per heavy atom. The largest absolute Gasteiger partial charge is 0.469 e. The van der Waals surface area contributed by atoms with Crippen LogP contribution in [-0.4, -0.2) is 15.9 Å². The fourth-order valence-electron chi connectivity index (χ4n) is 2.69. The van der Waals surface area contributed by atoms with E-state index in [-0.39, 0.29) is 11.8 Å². The Bertz CT molecular complexity index is 784. The van der Waals surface area contributed by atoms with Crippen LogP contribution in [0, 0.1) is 6.92 Å². The van der Waals surface area contributed by atoms with Gasteiger partial charge in [0.2, 0.25) is 5.91 Å². The molecule has 5 heteroatoms. The first-order valence-corrected chi connectivity index (χ1v) is 8.32. The third-order valence-corrected chi connectivity index (χ3v) is 4.00. The van der Waals surface area contributed by atoms with Gasteiger partial charge >= 0.3 is 0 Å². The molecule has 3 rings (SSSR count). The van der Waals surface area contributed by atoms with Crippen molar-refractivity contribution in [3.63, 3.8) is 0 Å². The smallest absolute Gasteiger partial charge is 0.221 e. The number of hydrogen-bond acceptors (Lipinski definition) is 4. The summed E-state index contributed by atoms with van der Waals surface area (Å²) < 4.78 is 5.54. The second-order valence-corrected chi connectivity index (χ2v) is 6.03. The summed E-state index contributed by atoms with van der Waals surface area (Å²) in [5, 5.41) is 2.91. The highest BCUT2D eigenvalue weighted by molar-refractivity contribution is 5.76. The van der Waals surface area contributed by atoms with Gasteiger partial charge in [0.25, 0.3) is 0 Å². The summed E-state index contributed by atoms with van der Waals surface area (Å²) in [6.45, 7) is 2.26. The van der Waals surface area contributed by atoms with Crippen molar-refractivity contribution in [1.82, 2.24) is 15.3 Å². The average Bonchev–Trinajstić information content (AvgIpc) is 3.16. The van der Waals surface area contributed by atoms with Crippen molar-refractivity contribution in [2.45, 2.75) is 32.2 Å². The number of nitrogens with one attached hydrogen (secondary N) is 1. The molecule has 0 aliphatic rings. The average molecular weight is 335 g/mol. The van der Waals surface area contributed by atoms with Gasteiger partial charge in [0, 0.05) is 18.5 Å². The maximum atomic E-state index is 12.4. The Labute approximate surface area is 147 Å². The molecule has 1 N–H and O–H groups in total. The van der Waals surface area contributed by atoms with Crippen molar-refractivity contribution in [1.29, 1.82) is 0 Å². The van der Waals surface area contributed by atoms with Gasteiger partial charge in [0.1, 0.15) is 5.76 Å². The monoisotopic (exact) mass is 335 g/mol. The molecule has 1 amide bonds. The quantitative estimate of drug-likeness (QED) is 0.718. The zero-order valence-corrected chi connectivity index (χ0v) is 14.2. The van der Waals surface area contributed by atoms with E-state index in [0.29, 0.717) is 13.0 Å². The van der Waals surface area contributed by atoms with Gasteiger partial charge in [-0.2, -0.15) is 0 Å². The highest BCUT2D eigenvalue weighted by Gasteiger charge is 2.19. The second kappa shape index (κ2) is 8.24. The fourth-order valence-corrected chi connectivity index (χ4v) is 2.69. The molecule has 0 saturated heterocycles. The van der Waals surface area contributed by atoms with E-state index >= 15 is 0 Å². The van der Waals surface area contributed by atoms with Crippen LogP contribution < -0.4 is 5.32 Å². The van der Waals surface area contributed by atoms with Gasteiger partial charge in [-0.1, -0.05) is 30.3 Å². The lowest BCUT2D eigenvalue weighted by Crippen LogP contribution is -2.25. The van der Waals surface area contributed by atoms with Crippen molar-refractivity contribution in [3.8, 4) is 0 Å². The standard InChI is InChI=1S/C20H21N3O2/c1-15-12-22-18(13-21-15)14-23-20(24)11-17(19-8-5-9-25-19)10-16-6-3-2-4-7-16/h2-9,12-13,17H,10-11,14H2,1H3,(H,23,24). The Balaban J connectivity index is 1.61. The molecular weight excluding hydrogens is 314 g/mol. The lowest BCUT2D eigenvalue weighted by molar-refractivity contribution is -0.121. The Morgan fingerprint density at radius 1 is 1.12 bits per heavy atom. The van der Waals surface area contributed by atoms with Crippen LogP contribution in [0.1, 0.15) is 35.1 Å². The molecule has 128 valence electrons. The minimum Gasteiger partial charge on any atom is -0.469 e. The van der Waals surface area contributed by atoms with Crippen LogP contribution in [-0.2, 0) is 17.8 Å². The number of carbonyl (C=O) groups is 1. The van der Waals surface area contributed by atoms with Crippen molar-refractivity contribution in [2.75, 3.05) is 0 Å². The summed E-state index contributed by atoms with van der Waals surface area (Å²) in [5.41, 5.74) is 2.79. The highest BCUT2D eigenvalue weighted by Crippen LogP contribution is 2.25. The molecule has 0 bridgehead atoms. The topological polar surface area (TPSA) is 68.0 Å². The molecule has 0 spiro atoms. The van der Waals surface area contributed by atoms with E-state index in [9.17, 15) is 4.79 Å². The van der Waals surface area contributed by atoms with Gasteiger partial charge in [-0.15, -0.1) is 0 Å². The van der Waals surface area contributed by atoms with Gasteiger partial charge in [0.05, 0.1) is 30.4 Å². The summed E-state index contributed by atoms with van der Waals surface area (Å²) in [4.78, 5) is 20.8. The molecule has 1 aromatic carbocycles. The van der Waals surface area contributed by atoms with Crippen LogP contribution in [0.15, 0.2) is 65.5 Å². The normalized spacial score (nSPS) is 11.9. The van der Waals surface area contributed by atoms with Gasteiger partial charge in [-0.3, -0.25) is 14.8 Å². The third-order valence-electron chi connectivity index (χ3n) is 4.00. The number of amides is 1. The highest BCUT2D eigenvalue weighted by atomic mass is 16.3. The summed E-state index contributed by atoms with van der Waals surface area (Å²) in [7, 11) is 0. The summed E-state index contributed by atoms with van der Waals surface area (Å²) in [6, 6.07) is 13.9. The number of nitrogens with zero attached hydrogens (tertiary/aromatic N) is 2. The SMILES string of the molecule is Cc1cnc(CNC(=O)CC(Cc2ccccc2)c2ccco2)cn1. The molecule has 1 unspecified atom stereocenters. The number of furan rings is 1. The molecule has 1 atom stereocenters.